The van der Waals surface area contributed by atoms with Crippen molar-refractivity contribution in [1.82, 2.24) is 29.7 Å². The third-order valence-electron chi connectivity index (χ3n) is 8.41. The Morgan fingerprint density at radius 3 is 2.66 bits per heavy atom. The van der Waals surface area contributed by atoms with Crippen LogP contribution in [0.5, 0.6) is 0 Å². The van der Waals surface area contributed by atoms with Gasteiger partial charge in [0.05, 0.1) is 22.1 Å². The molecule has 1 aromatic heterocycles. The molecule has 3 unspecified atom stereocenters. The molecule has 220 valence electrons. The molecule has 6 atom stereocenters. The first-order valence-electron chi connectivity index (χ1n) is 14.1. The number of fused-ring (bicyclic) bond motifs is 2. The molecule has 5 rings (SSSR count). The number of para-hydroxylation sites is 1. The molecule has 10 nitrogen and oxygen atoms in total. The summed E-state index contributed by atoms with van der Waals surface area (Å²) in [7, 11) is 0. The van der Waals surface area contributed by atoms with E-state index in [0.717, 1.165) is 17.5 Å². The smallest absolute Gasteiger partial charge is 0.248 e. The second-order valence-electron chi connectivity index (χ2n) is 10.9. The van der Waals surface area contributed by atoms with E-state index in [1.54, 1.807) is 43.3 Å². The Balaban J connectivity index is 1.53. The Labute approximate surface area is 252 Å². The van der Waals surface area contributed by atoms with Gasteiger partial charge in [-0.15, -0.1) is 30.0 Å². The lowest BCUT2D eigenvalue weighted by Crippen LogP contribution is -2.56. The molecule has 3 aliphatic rings. The van der Waals surface area contributed by atoms with Gasteiger partial charge in [0.15, 0.2) is 0 Å². The fourth-order valence-corrected chi connectivity index (χ4v) is 10.4. The number of carbonyl (C=O) groups excluding carboxylic acids is 3. The van der Waals surface area contributed by atoms with Crippen molar-refractivity contribution in [2.75, 3.05) is 32.8 Å². The molecule has 2 aromatic rings. The Bertz CT molecular complexity index is 1340. The molecule has 2 bridgehead atoms. The number of aliphatic hydroxyl groups is 1. The number of thioether (sulfide) groups is 1. The number of nitrogens with zero attached hydrogens (tertiary/aromatic N) is 6. The van der Waals surface area contributed by atoms with Gasteiger partial charge in [-0.3, -0.25) is 14.4 Å². The molecule has 41 heavy (non-hydrogen) atoms. The molecular formula is C29H37BrN6O4S. The van der Waals surface area contributed by atoms with Crippen molar-refractivity contribution in [3.63, 3.8) is 0 Å². The Morgan fingerprint density at radius 2 is 1.95 bits per heavy atom. The van der Waals surface area contributed by atoms with Crippen LogP contribution in [-0.4, -0.2) is 106 Å². The van der Waals surface area contributed by atoms with Gasteiger partial charge in [-0.1, -0.05) is 52.4 Å². The van der Waals surface area contributed by atoms with E-state index >= 15 is 0 Å². The number of rotatable bonds is 13. The highest BCUT2D eigenvalue weighted by atomic mass is 79.9. The Kier molecular flexibility index (Phi) is 8.91. The van der Waals surface area contributed by atoms with E-state index in [-0.39, 0.29) is 54.2 Å². The van der Waals surface area contributed by atoms with Gasteiger partial charge in [0.25, 0.3) is 0 Å². The van der Waals surface area contributed by atoms with Gasteiger partial charge in [-0.25, -0.2) is 4.68 Å². The van der Waals surface area contributed by atoms with Crippen LogP contribution < -0.4 is 0 Å². The summed E-state index contributed by atoms with van der Waals surface area (Å²) in [4.78, 5) is 47.9. The van der Waals surface area contributed by atoms with Crippen molar-refractivity contribution in [1.29, 1.82) is 0 Å². The predicted molar refractivity (Wildman–Crippen MR) is 162 cm³/mol. The predicted octanol–water partition coefficient (Wildman–Crippen LogP) is 2.68. The molecule has 12 heteroatoms. The van der Waals surface area contributed by atoms with Gasteiger partial charge in [-0.05, 0) is 31.4 Å². The van der Waals surface area contributed by atoms with Crippen molar-refractivity contribution in [3.8, 4) is 0 Å². The average molecular weight is 646 g/mol. The summed E-state index contributed by atoms with van der Waals surface area (Å²) >= 11 is 5.45. The highest BCUT2D eigenvalue weighted by Crippen LogP contribution is 2.68. The van der Waals surface area contributed by atoms with Gasteiger partial charge in [0.1, 0.15) is 18.2 Å². The molecule has 0 saturated carbocycles. The highest BCUT2D eigenvalue weighted by molar-refractivity contribution is 9.09. The zero-order valence-corrected chi connectivity index (χ0v) is 25.7. The summed E-state index contributed by atoms with van der Waals surface area (Å²) in [5.41, 5.74) is 1.52. The van der Waals surface area contributed by atoms with Gasteiger partial charge in [0.2, 0.25) is 17.7 Å². The topological polar surface area (TPSA) is 112 Å². The summed E-state index contributed by atoms with van der Waals surface area (Å²) in [6.07, 6.45) is 5.11. The Hall–Kier alpha value is -2.70. The minimum atomic E-state index is -0.784. The number of alkyl halides is 1. The number of hydrogen-bond acceptors (Lipinski definition) is 7. The van der Waals surface area contributed by atoms with E-state index in [1.165, 1.54) is 0 Å². The van der Waals surface area contributed by atoms with Gasteiger partial charge >= 0.3 is 0 Å². The molecule has 3 fully saturated rings. The number of amides is 3. The summed E-state index contributed by atoms with van der Waals surface area (Å²) in [6, 6.07) is 6.76. The molecule has 3 aliphatic heterocycles. The number of aliphatic hydroxyl groups excluding tert-OH is 1. The van der Waals surface area contributed by atoms with Crippen LogP contribution in [0, 0.1) is 11.8 Å². The third kappa shape index (κ3) is 5.01. The van der Waals surface area contributed by atoms with Gasteiger partial charge in [-0.2, -0.15) is 0 Å². The van der Waals surface area contributed by atoms with E-state index in [0.29, 0.717) is 25.9 Å². The summed E-state index contributed by atoms with van der Waals surface area (Å²) < 4.78 is 0.913. The number of halogens is 1. The minimum absolute atomic E-state index is 0.0158. The second kappa shape index (κ2) is 12.3. The largest absolute Gasteiger partial charge is 0.396 e. The average Bonchev–Trinajstić information content (AvgIpc) is 3.68. The number of hydrogen-bond donors (Lipinski definition) is 1. The van der Waals surface area contributed by atoms with Crippen LogP contribution in [0.3, 0.4) is 0 Å². The SMILES string of the molecule is C=CCN(Cn1nnc2ccccc21)C(=O)C1N(CCCO)C(=O)[C@@H]2[C@H](C(=O)N(CC=C)CCC)[C@H]3SC12CC3Br. The first-order chi connectivity index (χ1) is 19.8. The lowest BCUT2D eigenvalue weighted by atomic mass is 9.70. The van der Waals surface area contributed by atoms with Crippen LogP contribution in [-0.2, 0) is 21.1 Å². The maximum Gasteiger partial charge on any atom is 0.248 e. The zero-order chi connectivity index (χ0) is 29.3. The molecule has 3 amide bonds. The van der Waals surface area contributed by atoms with Crippen molar-refractivity contribution in [2.24, 2.45) is 11.8 Å². The van der Waals surface area contributed by atoms with E-state index in [2.05, 4.69) is 39.4 Å². The van der Waals surface area contributed by atoms with Crippen molar-refractivity contribution in [3.05, 3.63) is 49.6 Å². The monoisotopic (exact) mass is 644 g/mol. The van der Waals surface area contributed by atoms with Crippen LogP contribution in [0.2, 0.25) is 0 Å². The van der Waals surface area contributed by atoms with E-state index < -0.39 is 22.6 Å². The standard InChI is InChI=1S/C29H37BrN6O4S/c1-4-12-33(13-5-2)26(38)22-23-27(39)35(15-9-16-37)25(29(23)17-19(30)24(22)41-29)28(40)34(14-6-3)18-36-21-11-8-7-10-20(21)31-32-36/h4,6-8,10-11,19,22-25,37H,1,3,5,9,12-18H2,2H3/t19?,22-,23-,24-,25?,29?/m0/s1. The van der Waals surface area contributed by atoms with Crippen molar-refractivity contribution >= 4 is 56.4 Å². The number of likely N-dealkylation sites (tertiary alicyclic amines) is 1. The first-order valence-corrected chi connectivity index (χ1v) is 15.9. The van der Waals surface area contributed by atoms with Crippen LogP contribution >= 0.6 is 27.7 Å². The summed E-state index contributed by atoms with van der Waals surface area (Å²) in [5.74, 6) is -1.60. The maximum absolute atomic E-state index is 14.6. The Morgan fingerprint density at radius 1 is 1.22 bits per heavy atom. The van der Waals surface area contributed by atoms with Crippen LogP contribution in [0.1, 0.15) is 26.2 Å². The quantitative estimate of drug-likeness (QED) is 0.264. The second-order valence-corrected chi connectivity index (χ2v) is 13.6. The van der Waals surface area contributed by atoms with Gasteiger partial charge in [0, 0.05) is 42.9 Å². The number of aromatic nitrogens is 3. The molecule has 0 aliphatic carbocycles. The third-order valence-corrected chi connectivity index (χ3v) is 11.6. The molecule has 0 radical (unpaired) electrons. The molecular weight excluding hydrogens is 608 g/mol. The minimum Gasteiger partial charge on any atom is -0.396 e. The number of benzene rings is 1. The summed E-state index contributed by atoms with van der Waals surface area (Å²) in [5, 5.41) is 18.0. The maximum atomic E-state index is 14.6. The molecule has 1 N–H and O–H groups in total. The molecule has 4 heterocycles. The zero-order valence-electron chi connectivity index (χ0n) is 23.3. The first kappa shape index (κ1) is 29.8. The fourth-order valence-electron chi connectivity index (χ4n) is 6.83. The fraction of sp³-hybridized carbons (Fsp3) is 0.552. The number of carbonyl (C=O) groups is 3. The van der Waals surface area contributed by atoms with Crippen LogP contribution in [0.15, 0.2) is 49.6 Å². The normalized spacial score (nSPS) is 28.2. The van der Waals surface area contributed by atoms with Crippen LogP contribution in [0.25, 0.3) is 11.0 Å². The van der Waals surface area contributed by atoms with Crippen molar-refractivity contribution in [2.45, 2.75) is 53.7 Å². The van der Waals surface area contributed by atoms with E-state index in [4.69, 9.17) is 0 Å². The summed E-state index contributed by atoms with van der Waals surface area (Å²) in [6.45, 7) is 11.2. The molecule has 1 spiro atoms. The van der Waals surface area contributed by atoms with Crippen LogP contribution in [0.4, 0.5) is 0 Å². The van der Waals surface area contributed by atoms with E-state index in [9.17, 15) is 19.5 Å². The van der Waals surface area contributed by atoms with E-state index in [1.807, 2.05) is 31.2 Å². The lowest BCUT2D eigenvalue weighted by Gasteiger charge is -2.38. The lowest BCUT2D eigenvalue weighted by molar-refractivity contribution is -0.145. The van der Waals surface area contributed by atoms with Crippen molar-refractivity contribution < 1.29 is 19.5 Å². The molecule has 1 aromatic carbocycles. The highest BCUT2D eigenvalue weighted by Gasteiger charge is 2.76. The van der Waals surface area contributed by atoms with Gasteiger partial charge < -0.3 is 19.8 Å². The molecule has 3 saturated heterocycles.